The molecule has 0 aromatic heterocycles. The van der Waals surface area contributed by atoms with Crippen LogP contribution in [-0.4, -0.2) is 41.2 Å². The molecule has 0 radical (unpaired) electrons. The zero-order valence-electron chi connectivity index (χ0n) is 13.4. The highest BCUT2D eigenvalue weighted by molar-refractivity contribution is 5.94. The van der Waals surface area contributed by atoms with Crippen molar-refractivity contribution >= 4 is 11.8 Å². The van der Waals surface area contributed by atoms with E-state index in [0.717, 1.165) is 31.6 Å². The molecule has 118 valence electrons. The second-order valence-corrected chi connectivity index (χ2v) is 7.09. The molecule has 2 heterocycles. The maximum atomic E-state index is 12.6. The molecular formula is C18H24N2O2. The molecule has 0 N–H and O–H groups in total. The highest BCUT2D eigenvalue weighted by Gasteiger charge is 2.55. The Bertz CT molecular complexity index is 570. The van der Waals surface area contributed by atoms with Crippen LogP contribution < -0.4 is 0 Å². The number of hydrogen-bond acceptors (Lipinski definition) is 2. The van der Waals surface area contributed by atoms with Gasteiger partial charge in [0.15, 0.2) is 0 Å². The lowest BCUT2D eigenvalue weighted by atomic mass is 9.70. The van der Waals surface area contributed by atoms with Crippen LogP contribution in [0, 0.1) is 11.3 Å². The fourth-order valence-corrected chi connectivity index (χ4v) is 3.60. The molecule has 1 aromatic carbocycles. The van der Waals surface area contributed by atoms with Crippen molar-refractivity contribution in [2.24, 2.45) is 11.3 Å². The molecule has 3 rings (SSSR count). The zero-order chi connectivity index (χ0) is 15.7. The zero-order valence-corrected chi connectivity index (χ0v) is 13.4. The SMILES string of the molecule is CC(C)CN1CCC2(CC1=O)CN(Cc1ccccc1)C2=O. The summed E-state index contributed by atoms with van der Waals surface area (Å²) in [6, 6.07) is 10.0. The van der Waals surface area contributed by atoms with E-state index >= 15 is 0 Å². The second-order valence-electron chi connectivity index (χ2n) is 7.09. The van der Waals surface area contributed by atoms with Crippen LogP contribution in [0.5, 0.6) is 0 Å². The number of amides is 2. The number of nitrogens with zero attached hydrogens (tertiary/aromatic N) is 2. The first-order valence-electron chi connectivity index (χ1n) is 8.11. The Morgan fingerprint density at radius 2 is 1.86 bits per heavy atom. The summed E-state index contributed by atoms with van der Waals surface area (Å²) in [6.45, 7) is 7.15. The summed E-state index contributed by atoms with van der Waals surface area (Å²) in [4.78, 5) is 28.7. The van der Waals surface area contributed by atoms with Crippen molar-refractivity contribution in [1.29, 1.82) is 0 Å². The number of rotatable bonds is 4. The van der Waals surface area contributed by atoms with Gasteiger partial charge in [0.25, 0.3) is 0 Å². The largest absolute Gasteiger partial charge is 0.342 e. The predicted octanol–water partition coefficient (Wildman–Crippen LogP) is 2.29. The van der Waals surface area contributed by atoms with E-state index in [-0.39, 0.29) is 11.8 Å². The first kappa shape index (κ1) is 15.1. The van der Waals surface area contributed by atoms with Crippen molar-refractivity contribution in [1.82, 2.24) is 9.80 Å². The van der Waals surface area contributed by atoms with Crippen LogP contribution in [0.4, 0.5) is 0 Å². The van der Waals surface area contributed by atoms with Gasteiger partial charge >= 0.3 is 0 Å². The maximum absolute atomic E-state index is 12.6. The van der Waals surface area contributed by atoms with E-state index < -0.39 is 5.41 Å². The van der Waals surface area contributed by atoms with E-state index in [9.17, 15) is 9.59 Å². The minimum absolute atomic E-state index is 0.146. The summed E-state index contributed by atoms with van der Waals surface area (Å²) in [7, 11) is 0. The molecule has 22 heavy (non-hydrogen) atoms. The first-order valence-corrected chi connectivity index (χ1v) is 8.11. The normalized spacial score (nSPS) is 25.0. The molecule has 2 fully saturated rings. The van der Waals surface area contributed by atoms with Gasteiger partial charge in [-0.15, -0.1) is 0 Å². The molecule has 0 saturated carbocycles. The summed E-state index contributed by atoms with van der Waals surface area (Å²) >= 11 is 0. The molecule has 2 aliphatic heterocycles. The smallest absolute Gasteiger partial charge is 0.231 e. The van der Waals surface area contributed by atoms with Crippen LogP contribution in [0.15, 0.2) is 30.3 Å². The van der Waals surface area contributed by atoms with Gasteiger partial charge in [-0.2, -0.15) is 0 Å². The molecule has 1 atom stereocenters. The van der Waals surface area contributed by atoms with E-state index in [1.807, 2.05) is 40.1 Å². The topological polar surface area (TPSA) is 40.6 Å². The fourth-order valence-electron chi connectivity index (χ4n) is 3.60. The van der Waals surface area contributed by atoms with Crippen molar-refractivity contribution in [2.75, 3.05) is 19.6 Å². The molecular weight excluding hydrogens is 276 g/mol. The van der Waals surface area contributed by atoms with Gasteiger partial charge in [0.1, 0.15) is 0 Å². The van der Waals surface area contributed by atoms with E-state index in [0.29, 0.717) is 18.9 Å². The van der Waals surface area contributed by atoms with Gasteiger partial charge in [0, 0.05) is 32.6 Å². The molecule has 4 heteroatoms. The number of β-lactam (4-membered cyclic amide) rings is 1. The third kappa shape index (κ3) is 2.74. The minimum atomic E-state index is -0.403. The number of carbonyl (C=O) groups excluding carboxylic acids is 2. The Hall–Kier alpha value is -1.84. The van der Waals surface area contributed by atoms with Crippen LogP contribution in [0.2, 0.25) is 0 Å². The summed E-state index contributed by atoms with van der Waals surface area (Å²) < 4.78 is 0. The molecule has 1 aromatic rings. The van der Waals surface area contributed by atoms with Gasteiger partial charge in [-0.25, -0.2) is 0 Å². The van der Waals surface area contributed by atoms with Crippen molar-refractivity contribution in [3.8, 4) is 0 Å². The Labute approximate surface area is 132 Å². The van der Waals surface area contributed by atoms with Crippen molar-refractivity contribution in [2.45, 2.75) is 33.2 Å². The van der Waals surface area contributed by atoms with Crippen molar-refractivity contribution in [3.63, 3.8) is 0 Å². The van der Waals surface area contributed by atoms with Crippen molar-refractivity contribution in [3.05, 3.63) is 35.9 Å². The summed E-state index contributed by atoms with van der Waals surface area (Å²) in [5.74, 6) is 0.784. The molecule has 4 nitrogen and oxygen atoms in total. The van der Waals surface area contributed by atoms with E-state index in [4.69, 9.17) is 0 Å². The number of piperidine rings is 1. The first-order chi connectivity index (χ1) is 10.5. The maximum Gasteiger partial charge on any atom is 0.231 e. The lowest BCUT2D eigenvalue weighted by Gasteiger charge is -2.52. The van der Waals surface area contributed by atoms with Gasteiger partial charge in [0.05, 0.1) is 5.41 Å². The van der Waals surface area contributed by atoms with E-state index in [1.54, 1.807) is 0 Å². The van der Waals surface area contributed by atoms with E-state index in [1.165, 1.54) is 0 Å². The van der Waals surface area contributed by atoms with Gasteiger partial charge in [-0.1, -0.05) is 44.2 Å². The highest BCUT2D eigenvalue weighted by Crippen LogP contribution is 2.42. The van der Waals surface area contributed by atoms with Crippen LogP contribution in [0.1, 0.15) is 32.3 Å². The lowest BCUT2D eigenvalue weighted by Crippen LogP contribution is -2.65. The Morgan fingerprint density at radius 1 is 1.14 bits per heavy atom. The number of benzene rings is 1. The molecule has 0 aliphatic carbocycles. The molecule has 0 bridgehead atoms. The number of carbonyl (C=O) groups is 2. The Balaban J connectivity index is 1.59. The Kier molecular flexibility index (Phi) is 3.94. The van der Waals surface area contributed by atoms with Gasteiger partial charge in [-0.3, -0.25) is 9.59 Å². The van der Waals surface area contributed by atoms with Gasteiger partial charge in [-0.05, 0) is 17.9 Å². The predicted molar refractivity (Wildman–Crippen MR) is 84.9 cm³/mol. The third-order valence-corrected chi connectivity index (χ3v) is 4.74. The molecule has 2 aliphatic rings. The second kappa shape index (κ2) is 5.75. The lowest BCUT2D eigenvalue weighted by molar-refractivity contribution is -0.171. The molecule has 2 saturated heterocycles. The Morgan fingerprint density at radius 3 is 2.45 bits per heavy atom. The van der Waals surface area contributed by atoms with Crippen LogP contribution in [-0.2, 0) is 16.1 Å². The quantitative estimate of drug-likeness (QED) is 0.801. The van der Waals surface area contributed by atoms with Gasteiger partial charge < -0.3 is 9.80 Å². The fraction of sp³-hybridized carbons (Fsp3) is 0.556. The van der Waals surface area contributed by atoms with Crippen LogP contribution in [0.25, 0.3) is 0 Å². The summed E-state index contributed by atoms with van der Waals surface area (Å²) in [5, 5.41) is 0. The van der Waals surface area contributed by atoms with Crippen LogP contribution >= 0.6 is 0 Å². The summed E-state index contributed by atoms with van der Waals surface area (Å²) in [6.07, 6.45) is 1.21. The summed E-state index contributed by atoms with van der Waals surface area (Å²) in [5.41, 5.74) is 0.744. The van der Waals surface area contributed by atoms with Crippen LogP contribution in [0.3, 0.4) is 0 Å². The molecule has 2 amide bonds. The highest BCUT2D eigenvalue weighted by atomic mass is 16.2. The van der Waals surface area contributed by atoms with Crippen molar-refractivity contribution < 1.29 is 9.59 Å². The minimum Gasteiger partial charge on any atom is -0.342 e. The number of likely N-dealkylation sites (tertiary alicyclic amines) is 2. The average molecular weight is 300 g/mol. The van der Waals surface area contributed by atoms with Gasteiger partial charge in [0.2, 0.25) is 11.8 Å². The van der Waals surface area contributed by atoms with E-state index in [2.05, 4.69) is 13.8 Å². The molecule has 1 unspecified atom stereocenters. The average Bonchev–Trinajstić information content (AvgIpc) is 2.50. The monoisotopic (exact) mass is 300 g/mol. The standard InChI is InChI=1S/C18H24N2O2/c1-14(2)11-19-9-8-18(10-16(19)21)13-20(17(18)22)12-15-6-4-3-5-7-15/h3-7,14H,8-13H2,1-2H3. The number of hydrogen-bond donors (Lipinski definition) is 0. The molecule has 1 spiro atoms. The third-order valence-electron chi connectivity index (χ3n) is 4.74.